The van der Waals surface area contributed by atoms with Crippen LogP contribution in [-0.2, 0) is 14.2 Å². The Morgan fingerprint density at radius 3 is 1.43 bits per heavy atom. The number of carbonyl (C=O) groups is 1. The van der Waals surface area contributed by atoms with Crippen LogP contribution in [0.4, 0.5) is 10.6 Å². The molecular formula is C67H70N4O4S2. The average molecular weight is 1060 g/mol. The maximum atomic E-state index is 14.4. The molecule has 9 rings (SSSR count). The van der Waals surface area contributed by atoms with E-state index in [1.807, 2.05) is 98.7 Å². The average Bonchev–Trinajstić information content (AvgIpc) is 3.98. The number of thioether (sulfide) groups is 2. The monoisotopic (exact) mass is 1060 g/mol. The van der Waals surface area contributed by atoms with Crippen LogP contribution in [0.25, 0.3) is 22.3 Å². The first-order valence-corrected chi connectivity index (χ1v) is 28.6. The first kappa shape index (κ1) is 54.5. The maximum Gasteiger partial charge on any atom is 0.410 e. The Bertz CT molecular complexity index is 3020. The van der Waals surface area contributed by atoms with Gasteiger partial charge in [-0.1, -0.05) is 182 Å². The molecule has 0 saturated heterocycles. The van der Waals surface area contributed by atoms with Gasteiger partial charge in [-0.15, -0.1) is 23.5 Å². The molecule has 8 nitrogen and oxygen atoms in total. The van der Waals surface area contributed by atoms with Gasteiger partial charge < -0.3 is 28.6 Å². The number of carbonyl (C=O) groups excluding carboxylic acids is 1. The van der Waals surface area contributed by atoms with Crippen molar-refractivity contribution in [2.45, 2.75) is 42.3 Å². The first-order chi connectivity index (χ1) is 37.5. The SMILES string of the molecule is CN(C)c1ccc(-c2cc3ccc(OCCCN(CCSC(c4ccccc4)(c4ccccc4)c4ccccc4)CCN(CCSC(c4ccccc4)(c4ccccc4)c4ccccc4)C(=O)OC(C)(C)C)cc3o2)cn1. The quantitative estimate of drug-likeness (QED) is 0.0435. The molecule has 77 heavy (non-hydrogen) atoms. The van der Waals surface area contributed by atoms with Crippen LogP contribution in [0.2, 0.25) is 0 Å². The number of fused-ring (bicyclic) bond motifs is 1. The largest absolute Gasteiger partial charge is 0.493 e. The minimum absolute atomic E-state index is 0.310. The summed E-state index contributed by atoms with van der Waals surface area (Å²) in [6.45, 7) is 9.49. The fraction of sp³-hybridized carbons (Fsp3) is 0.254. The topological polar surface area (TPSA) is 71.3 Å². The number of pyridine rings is 1. The van der Waals surface area contributed by atoms with Crippen LogP contribution >= 0.6 is 23.5 Å². The van der Waals surface area contributed by atoms with Crippen molar-refractivity contribution in [1.82, 2.24) is 14.8 Å². The van der Waals surface area contributed by atoms with Crippen molar-refractivity contribution < 1.29 is 18.7 Å². The van der Waals surface area contributed by atoms with Gasteiger partial charge in [0.25, 0.3) is 0 Å². The number of anilines is 1. The highest BCUT2D eigenvalue weighted by Crippen LogP contribution is 2.50. The third kappa shape index (κ3) is 13.5. The lowest BCUT2D eigenvalue weighted by molar-refractivity contribution is 0.0245. The number of benzene rings is 7. The molecule has 0 saturated carbocycles. The molecule has 7 aromatic carbocycles. The van der Waals surface area contributed by atoms with E-state index >= 15 is 0 Å². The van der Waals surface area contributed by atoms with E-state index in [4.69, 9.17) is 13.9 Å². The molecule has 2 heterocycles. The minimum Gasteiger partial charge on any atom is -0.493 e. The molecule has 394 valence electrons. The van der Waals surface area contributed by atoms with Crippen molar-refractivity contribution >= 4 is 46.4 Å². The number of rotatable bonds is 24. The van der Waals surface area contributed by atoms with Gasteiger partial charge >= 0.3 is 6.09 Å². The fourth-order valence-corrected chi connectivity index (χ4v) is 13.0. The molecule has 0 spiro atoms. The summed E-state index contributed by atoms with van der Waals surface area (Å²) >= 11 is 3.82. The Morgan fingerprint density at radius 2 is 1.00 bits per heavy atom. The van der Waals surface area contributed by atoms with E-state index in [9.17, 15) is 4.79 Å². The van der Waals surface area contributed by atoms with Gasteiger partial charge in [0.2, 0.25) is 0 Å². The van der Waals surface area contributed by atoms with Crippen molar-refractivity contribution in [2.24, 2.45) is 0 Å². The molecule has 10 heteroatoms. The lowest BCUT2D eigenvalue weighted by atomic mass is 9.84. The summed E-state index contributed by atoms with van der Waals surface area (Å²) in [5.74, 6) is 3.89. The lowest BCUT2D eigenvalue weighted by Crippen LogP contribution is -2.43. The molecule has 9 aromatic rings. The molecule has 0 N–H and O–H groups in total. The lowest BCUT2D eigenvalue weighted by Gasteiger charge is -2.37. The second-order valence-corrected chi connectivity index (χ2v) is 23.0. The maximum absolute atomic E-state index is 14.4. The van der Waals surface area contributed by atoms with Gasteiger partial charge in [-0.3, -0.25) is 0 Å². The van der Waals surface area contributed by atoms with Crippen LogP contribution in [-0.4, -0.2) is 91.4 Å². The number of ether oxygens (including phenoxy) is 2. The van der Waals surface area contributed by atoms with E-state index in [1.165, 1.54) is 33.4 Å². The van der Waals surface area contributed by atoms with Crippen molar-refractivity contribution in [3.63, 3.8) is 0 Å². The molecule has 2 aromatic heterocycles. The molecule has 0 bridgehead atoms. The van der Waals surface area contributed by atoms with E-state index in [2.05, 4.69) is 204 Å². The molecule has 0 atom stereocenters. The first-order valence-electron chi connectivity index (χ1n) is 26.6. The molecule has 0 aliphatic heterocycles. The smallest absolute Gasteiger partial charge is 0.410 e. The third-order valence-corrected chi connectivity index (χ3v) is 16.7. The predicted octanol–water partition coefficient (Wildman–Crippen LogP) is 15.3. The molecule has 0 radical (unpaired) electrons. The van der Waals surface area contributed by atoms with Crippen molar-refractivity contribution in [3.8, 4) is 17.1 Å². The highest BCUT2D eigenvalue weighted by Gasteiger charge is 2.39. The summed E-state index contributed by atoms with van der Waals surface area (Å²) in [6.07, 6.45) is 2.31. The Morgan fingerprint density at radius 1 is 0.532 bits per heavy atom. The summed E-state index contributed by atoms with van der Waals surface area (Å²) in [5.41, 5.74) is 8.27. The third-order valence-electron chi connectivity index (χ3n) is 13.7. The van der Waals surface area contributed by atoms with Crippen molar-refractivity contribution in [3.05, 3.63) is 258 Å². The second-order valence-electron chi connectivity index (χ2n) is 20.4. The van der Waals surface area contributed by atoms with Crippen LogP contribution in [0.15, 0.2) is 229 Å². The van der Waals surface area contributed by atoms with E-state index < -0.39 is 15.1 Å². The molecule has 0 aliphatic carbocycles. The standard InChI is InChI=1S/C67H70N4O4S2/c1-65(2,3)75-64(72)71(45-48-77-67(57-31-18-9-19-32-57,58-33-20-10-21-34-58)59-35-22-11-23-36-59)43-42-70(41-24-46-73-60-39-37-52-49-61(74-62(52)50-60)53-38-40-63(68-51-53)69(4)5)44-47-76-66(54-25-12-6-13-26-54,55-27-14-7-15-28-55)56-29-16-8-17-30-56/h6-23,25-40,49-51H,24,41-48H2,1-5H3. The Hall–Kier alpha value is -7.24. The number of nitrogens with zero attached hydrogens (tertiary/aromatic N) is 4. The fourth-order valence-electron chi connectivity index (χ4n) is 9.91. The highest BCUT2D eigenvalue weighted by atomic mass is 32.2. The van der Waals surface area contributed by atoms with E-state index in [0.717, 1.165) is 59.1 Å². The molecular weight excluding hydrogens is 989 g/mol. The van der Waals surface area contributed by atoms with Gasteiger partial charge in [0.1, 0.15) is 28.5 Å². The predicted molar refractivity (Wildman–Crippen MR) is 321 cm³/mol. The number of amides is 1. The van der Waals surface area contributed by atoms with E-state index in [-0.39, 0.29) is 6.09 Å². The number of hydrogen-bond acceptors (Lipinski definition) is 9. The van der Waals surface area contributed by atoms with Crippen LogP contribution in [0.5, 0.6) is 5.75 Å². The Balaban J connectivity index is 0.963. The normalized spacial score (nSPS) is 11.9. The van der Waals surface area contributed by atoms with Crippen molar-refractivity contribution in [2.75, 3.05) is 69.8 Å². The number of aromatic nitrogens is 1. The summed E-state index contributed by atoms with van der Waals surface area (Å²) in [4.78, 5) is 25.4. The summed E-state index contributed by atoms with van der Waals surface area (Å²) in [5, 5.41) is 1.00. The highest BCUT2D eigenvalue weighted by molar-refractivity contribution is 8.00. The zero-order valence-electron chi connectivity index (χ0n) is 45.0. The van der Waals surface area contributed by atoms with Gasteiger partial charge in [0, 0.05) is 81.5 Å². The van der Waals surface area contributed by atoms with Gasteiger partial charge in [0.05, 0.1) is 16.1 Å². The van der Waals surface area contributed by atoms with Gasteiger partial charge in [0.15, 0.2) is 0 Å². The van der Waals surface area contributed by atoms with Gasteiger partial charge in [-0.25, -0.2) is 9.78 Å². The van der Waals surface area contributed by atoms with Crippen LogP contribution in [0.3, 0.4) is 0 Å². The summed E-state index contributed by atoms with van der Waals surface area (Å²) in [7, 11) is 3.96. The van der Waals surface area contributed by atoms with Crippen LogP contribution < -0.4 is 9.64 Å². The second kappa shape index (κ2) is 25.7. The molecule has 0 fully saturated rings. The number of hydrogen-bond donors (Lipinski definition) is 0. The number of furan rings is 1. The Labute approximate surface area is 464 Å². The Kier molecular flexibility index (Phi) is 18.2. The van der Waals surface area contributed by atoms with E-state index in [1.54, 1.807) is 0 Å². The molecule has 1 amide bonds. The summed E-state index contributed by atoms with van der Waals surface area (Å²) in [6, 6.07) is 76.9. The minimum atomic E-state index is -0.664. The summed E-state index contributed by atoms with van der Waals surface area (Å²) < 4.78 is 18.0. The zero-order valence-corrected chi connectivity index (χ0v) is 46.6. The molecule has 0 unspecified atom stereocenters. The van der Waals surface area contributed by atoms with Crippen LogP contribution in [0, 0.1) is 0 Å². The molecule has 0 aliphatic rings. The van der Waals surface area contributed by atoms with E-state index in [0.29, 0.717) is 32.0 Å². The van der Waals surface area contributed by atoms with Crippen molar-refractivity contribution in [1.29, 1.82) is 0 Å². The van der Waals surface area contributed by atoms with Crippen LogP contribution in [0.1, 0.15) is 60.6 Å². The van der Waals surface area contributed by atoms with Gasteiger partial charge in [-0.05, 0) is 90.9 Å². The zero-order chi connectivity index (χ0) is 53.5. The van der Waals surface area contributed by atoms with Gasteiger partial charge in [-0.2, -0.15) is 0 Å².